The summed E-state index contributed by atoms with van der Waals surface area (Å²) >= 11 is 0. The number of hydrogen-bond acceptors (Lipinski definition) is 15. The monoisotopic (exact) mass is 1690 g/mol. The third-order valence-electron chi connectivity index (χ3n) is 23.6. The maximum Gasteiger partial charge on any atom is 0.329 e. The third-order valence-corrected chi connectivity index (χ3v) is 23.6. The molecule has 0 radical (unpaired) electrons. The van der Waals surface area contributed by atoms with E-state index in [9.17, 15) is 29.1 Å². The summed E-state index contributed by atoms with van der Waals surface area (Å²) in [6, 6.07) is 5.23. The predicted molar refractivity (Wildman–Crippen MR) is 491 cm³/mol. The maximum atomic E-state index is 15.4. The van der Waals surface area contributed by atoms with Gasteiger partial charge >= 0.3 is 11.9 Å². The molecule has 5 amide bonds. The number of amides is 5. The quantitative estimate of drug-likeness (QED) is 0.0234. The molecule has 5 N–H and O–H groups in total. The van der Waals surface area contributed by atoms with Crippen LogP contribution in [0.3, 0.4) is 0 Å². The smallest absolute Gasteiger partial charge is 0.329 e. The summed E-state index contributed by atoms with van der Waals surface area (Å²) in [5.74, 6) is -4.90. The van der Waals surface area contributed by atoms with Crippen LogP contribution in [0, 0.1) is 5.41 Å². The van der Waals surface area contributed by atoms with Crippen molar-refractivity contribution in [3.05, 3.63) is 64.9 Å². The SMILES string of the molecule is CCCCCCCCCCCCCCCCCCOc1cc(COC(=O)[C@@H]2CC(=O)N[C@H](C(=O)OC(C)(C)C)CC(=O)N[C@H](C)C(=O)N[C@@H](CCCN=C(C)C3=C(O)CC(C)(C)CC3=O)C(=O)N(C)[C@@H](Cc3ccccc3)C(=O)N2)cc(OCCCCCCCCCCCCCCCCCC)c1OCCCCCCCCCCCCCCCCCC. The van der Waals surface area contributed by atoms with E-state index < -0.39 is 95.5 Å². The number of carbonyl (C=O) groups excluding carboxylic acids is 8. The Balaban J connectivity index is 1.68. The molecule has 1 fully saturated rings. The number of ketones is 1. The molecular weight excluding hydrogens is 1520 g/mol. The molecule has 1 aliphatic carbocycles. The van der Waals surface area contributed by atoms with Crippen LogP contribution in [0.15, 0.2) is 58.8 Å². The molecule has 0 aromatic heterocycles. The molecule has 2 aromatic rings. The molecule has 20 nitrogen and oxygen atoms in total. The molecule has 4 rings (SSSR count). The number of nitrogens with zero attached hydrogens (tertiary/aromatic N) is 2. The Morgan fingerprint density at radius 2 is 0.876 bits per heavy atom. The number of benzene rings is 2. The number of hydrogen-bond donors (Lipinski definition) is 5. The first-order valence-corrected chi connectivity index (χ1v) is 48.8. The van der Waals surface area contributed by atoms with E-state index >= 15 is 14.4 Å². The van der Waals surface area contributed by atoms with Crippen LogP contribution >= 0.6 is 0 Å². The first kappa shape index (κ1) is 106. The van der Waals surface area contributed by atoms with Crippen molar-refractivity contribution in [2.45, 2.75) is 465 Å². The van der Waals surface area contributed by atoms with Crippen molar-refractivity contribution >= 4 is 53.0 Å². The van der Waals surface area contributed by atoms with Crippen LogP contribution in [-0.2, 0) is 60.9 Å². The number of aliphatic imine (C=N–C) groups is 1. The second-order valence-corrected chi connectivity index (χ2v) is 37.0. The highest BCUT2D eigenvalue weighted by Crippen LogP contribution is 2.41. The van der Waals surface area contributed by atoms with Gasteiger partial charge in [0.2, 0.25) is 35.3 Å². The number of unbranched alkanes of at least 4 members (excludes halogenated alkanes) is 45. The summed E-state index contributed by atoms with van der Waals surface area (Å²) in [5.41, 5.74) is 0.147. The van der Waals surface area contributed by atoms with Crippen LogP contribution < -0.4 is 35.5 Å². The van der Waals surface area contributed by atoms with E-state index in [1.54, 1.807) is 52.0 Å². The lowest BCUT2D eigenvalue weighted by atomic mass is 9.76. The number of Topliss-reactive ketones (excluding diaryl/α,β-unsaturated/α-hetero) is 1. The summed E-state index contributed by atoms with van der Waals surface area (Å²) in [6.45, 7) is 19.6. The summed E-state index contributed by atoms with van der Waals surface area (Å²) in [4.78, 5) is 122. The summed E-state index contributed by atoms with van der Waals surface area (Å²) in [5, 5.41) is 21.8. The van der Waals surface area contributed by atoms with E-state index in [1.165, 1.54) is 269 Å². The lowest BCUT2D eigenvalue weighted by Gasteiger charge is -2.32. The number of likely N-dealkylation sites (N-methyl/N-ethyl adjacent to an activating group) is 1. The first-order chi connectivity index (χ1) is 58.4. The molecule has 1 aliphatic heterocycles. The van der Waals surface area contributed by atoms with Gasteiger partial charge in [0.25, 0.3) is 0 Å². The number of ether oxygens (including phenoxy) is 5. The molecule has 2 aliphatic rings. The number of allylic oxidation sites excluding steroid dienone is 2. The Bertz CT molecular complexity index is 3210. The molecule has 0 unspecified atom stereocenters. The van der Waals surface area contributed by atoms with Gasteiger partial charge in [0, 0.05) is 38.6 Å². The number of carbonyl (C=O) groups is 8. The van der Waals surface area contributed by atoms with Gasteiger partial charge in [-0.15, -0.1) is 0 Å². The minimum absolute atomic E-state index is 0.0304. The van der Waals surface area contributed by atoms with Crippen LogP contribution in [0.1, 0.15) is 427 Å². The average molecular weight is 1690 g/mol. The van der Waals surface area contributed by atoms with Crippen LogP contribution in [0.5, 0.6) is 17.2 Å². The molecule has 2 aromatic carbocycles. The van der Waals surface area contributed by atoms with Gasteiger partial charge in [-0.1, -0.05) is 354 Å². The fourth-order valence-electron chi connectivity index (χ4n) is 16.3. The normalized spacial score (nSPS) is 17.9. The van der Waals surface area contributed by atoms with Crippen LogP contribution in [0.4, 0.5) is 0 Å². The molecule has 688 valence electrons. The van der Waals surface area contributed by atoms with Crippen LogP contribution in [-0.4, -0.2) is 132 Å². The number of rotatable bonds is 65. The van der Waals surface area contributed by atoms with E-state index in [4.69, 9.17) is 23.7 Å². The van der Waals surface area contributed by atoms with Gasteiger partial charge in [0.05, 0.1) is 38.2 Å². The number of nitrogens with one attached hydrogen (secondary N) is 4. The molecule has 0 bridgehead atoms. The second kappa shape index (κ2) is 64.7. The zero-order valence-electron chi connectivity index (χ0n) is 78.0. The lowest BCUT2D eigenvalue weighted by molar-refractivity contribution is -0.160. The zero-order valence-corrected chi connectivity index (χ0v) is 78.0. The summed E-state index contributed by atoms with van der Waals surface area (Å²) in [7, 11) is 1.42. The predicted octanol–water partition coefficient (Wildman–Crippen LogP) is 23.3. The van der Waals surface area contributed by atoms with Gasteiger partial charge in [-0.2, -0.15) is 0 Å². The van der Waals surface area contributed by atoms with Crippen molar-refractivity contribution in [3.8, 4) is 17.2 Å². The van der Waals surface area contributed by atoms with Crippen molar-refractivity contribution in [2.75, 3.05) is 33.4 Å². The molecule has 20 heteroatoms. The minimum atomic E-state index is -1.75. The molecular formula is C101H170N6O14. The maximum absolute atomic E-state index is 15.4. The van der Waals surface area contributed by atoms with Gasteiger partial charge in [0.15, 0.2) is 17.3 Å². The fourth-order valence-corrected chi connectivity index (χ4v) is 16.3. The van der Waals surface area contributed by atoms with Gasteiger partial charge in [-0.3, -0.25) is 33.8 Å². The van der Waals surface area contributed by atoms with Crippen molar-refractivity contribution in [1.29, 1.82) is 0 Å². The lowest BCUT2D eigenvalue weighted by Crippen LogP contribution is -2.58. The van der Waals surface area contributed by atoms with Gasteiger partial charge in [-0.25, -0.2) is 9.59 Å². The van der Waals surface area contributed by atoms with Crippen molar-refractivity contribution in [1.82, 2.24) is 26.2 Å². The van der Waals surface area contributed by atoms with Gasteiger partial charge in [0.1, 0.15) is 48.2 Å². The number of esters is 2. The van der Waals surface area contributed by atoms with E-state index in [0.29, 0.717) is 60.3 Å². The number of aliphatic hydroxyl groups is 1. The highest BCUT2D eigenvalue weighted by Gasteiger charge is 2.39. The second-order valence-electron chi connectivity index (χ2n) is 37.0. The molecule has 0 saturated carbocycles. The summed E-state index contributed by atoms with van der Waals surface area (Å²) < 4.78 is 32.3. The topological polar surface area (TPSA) is 267 Å². The van der Waals surface area contributed by atoms with Crippen molar-refractivity contribution < 1.29 is 67.1 Å². The molecule has 0 spiro atoms. The number of aliphatic hydroxyl groups excluding tert-OH is 1. The molecule has 1 heterocycles. The highest BCUT2D eigenvalue weighted by molar-refractivity contribution is 6.22. The standard InChI is InChI=1S/C101H170N6O14/c1-12-15-18-21-24-27-30-33-36-39-42-45-48-51-54-60-68-117-89-72-82(73-90(118-69-61-55-52-49-46-43-40-37-34-31-28-25-22-19-16-13-2)94(89)119-70-62-56-53-50-47-44-41-38-35-32-29-26-23-20-17-14-3)78-120-98(115)84-74-92(111)104-85(99(116)121-100(6,7)8)75-91(110)103-80(5)95(112)105-83(66-63-67-102-79(4)93-87(108)76-101(9,10)77-88(93)109)97(114)107(11)86(96(113)106-84)71-81-64-58-57-59-65-81/h57-59,64-65,72-73,80,83-86,108H,12-56,60-63,66-71,74-78H2,1-11H3,(H,103,110)(H,104,111)(H,105,112)(H,106,113)/t80-,83+,84+,85+,86+/m1/s1. The fraction of sp³-hybridized carbons (Fsp3) is 0.772. The Hall–Kier alpha value is -6.99. The third kappa shape index (κ3) is 48.8. The average Bonchev–Trinajstić information content (AvgIpc) is 0.871. The Kier molecular flexibility index (Phi) is 56.9. The Labute approximate surface area is 733 Å². The van der Waals surface area contributed by atoms with E-state index in [-0.39, 0.29) is 56.0 Å². The minimum Gasteiger partial charge on any atom is -0.511 e. The van der Waals surface area contributed by atoms with E-state index in [0.717, 1.165) is 57.8 Å². The van der Waals surface area contributed by atoms with Crippen molar-refractivity contribution in [3.63, 3.8) is 0 Å². The first-order valence-electron chi connectivity index (χ1n) is 48.8. The van der Waals surface area contributed by atoms with Gasteiger partial charge < -0.3 is 55.0 Å². The summed E-state index contributed by atoms with van der Waals surface area (Å²) in [6.07, 6.45) is 59.1. The Morgan fingerprint density at radius 3 is 1.28 bits per heavy atom. The largest absolute Gasteiger partial charge is 0.511 e. The Morgan fingerprint density at radius 1 is 0.488 bits per heavy atom. The van der Waals surface area contributed by atoms with Crippen LogP contribution in [0.25, 0.3) is 0 Å². The van der Waals surface area contributed by atoms with E-state index in [2.05, 4.69) is 47.0 Å². The van der Waals surface area contributed by atoms with Gasteiger partial charge in [-0.05, 0) is 95.4 Å². The zero-order chi connectivity index (χ0) is 88.1. The molecule has 121 heavy (non-hydrogen) atoms. The molecule has 1 saturated heterocycles. The molecule has 5 atom stereocenters. The van der Waals surface area contributed by atoms with E-state index in [1.807, 2.05) is 32.0 Å². The highest BCUT2D eigenvalue weighted by atomic mass is 16.6. The van der Waals surface area contributed by atoms with Crippen molar-refractivity contribution in [2.24, 2.45) is 10.4 Å². The van der Waals surface area contributed by atoms with Crippen LogP contribution in [0.2, 0.25) is 0 Å².